The van der Waals surface area contributed by atoms with Gasteiger partial charge in [-0.1, -0.05) is 11.8 Å². The van der Waals surface area contributed by atoms with Crippen LogP contribution < -0.4 is 5.32 Å². The average Bonchev–Trinajstić information content (AvgIpc) is 2.30. The number of carbonyl (C=O) groups is 1. The molecule has 1 amide bonds. The van der Waals surface area contributed by atoms with Gasteiger partial charge >= 0.3 is 0 Å². The van der Waals surface area contributed by atoms with Crippen LogP contribution in [-0.4, -0.2) is 17.6 Å². The first-order valence-electron chi connectivity index (χ1n) is 5.70. The van der Waals surface area contributed by atoms with E-state index in [0.29, 0.717) is 0 Å². The summed E-state index contributed by atoms with van der Waals surface area (Å²) in [6, 6.07) is 7.42. The van der Waals surface area contributed by atoms with Gasteiger partial charge < -0.3 is 10.4 Å². The van der Waals surface area contributed by atoms with E-state index >= 15 is 0 Å². The number of nitrogens with one attached hydrogen (secondary N) is 1. The topological polar surface area (TPSA) is 49.3 Å². The monoisotopic (exact) mass is 231 g/mol. The van der Waals surface area contributed by atoms with Gasteiger partial charge in [-0.05, 0) is 37.1 Å². The van der Waals surface area contributed by atoms with Crippen LogP contribution in [0.2, 0.25) is 0 Å². The number of unbranched alkanes of at least 4 members (excludes halogenated alkanes) is 2. The van der Waals surface area contributed by atoms with Crippen LogP contribution in [-0.2, 0) is 4.79 Å². The minimum absolute atomic E-state index is 0.0761. The zero-order chi connectivity index (χ0) is 12.5. The van der Waals surface area contributed by atoms with E-state index in [2.05, 4.69) is 17.2 Å². The molecule has 90 valence electrons. The molecule has 0 bridgehead atoms. The molecule has 17 heavy (non-hydrogen) atoms. The highest BCUT2D eigenvalue weighted by Gasteiger charge is 1.94. The molecule has 0 fully saturated rings. The lowest BCUT2D eigenvalue weighted by atomic mass is 10.2. The predicted molar refractivity (Wildman–Crippen MR) is 68.6 cm³/mol. The summed E-state index contributed by atoms with van der Waals surface area (Å²) in [6.45, 7) is 1.71. The summed E-state index contributed by atoms with van der Waals surface area (Å²) in [5, 5.41) is 11.3. The summed E-state index contributed by atoms with van der Waals surface area (Å²) in [7, 11) is 0. The van der Waals surface area contributed by atoms with Gasteiger partial charge in [-0.3, -0.25) is 4.79 Å². The van der Waals surface area contributed by atoms with E-state index in [1.807, 2.05) is 24.3 Å². The number of aliphatic hydroxyl groups is 1. The van der Waals surface area contributed by atoms with Crippen LogP contribution >= 0.6 is 0 Å². The zero-order valence-electron chi connectivity index (χ0n) is 9.99. The van der Waals surface area contributed by atoms with Crippen LogP contribution in [0.1, 0.15) is 31.7 Å². The van der Waals surface area contributed by atoms with E-state index in [0.717, 1.165) is 30.5 Å². The van der Waals surface area contributed by atoms with Crippen LogP contribution in [0.15, 0.2) is 24.3 Å². The Bertz CT molecular complexity index is 412. The van der Waals surface area contributed by atoms with Crippen molar-refractivity contribution in [2.75, 3.05) is 11.9 Å². The lowest BCUT2D eigenvalue weighted by Crippen LogP contribution is -2.05. The number of hydrogen-bond acceptors (Lipinski definition) is 2. The van der Waals surface area contributed by atoms with Gasteiger partial charge in [0.1, 0.15) is 0 Å². The molecule has 2 N–H and O–H groups in total. The van der Waals surface area contributed by atoms with Gasteiger partial charge in [-0.2, -0.15) is 0 Å². The number of rotatable bonds is 4. The van der Waals surface area contributed by atoms with Crippen molar-refractivity contribution in [2.45, 2.75) is 26.2 Å². The lowest BCUT2D eigenvalue weighted by Gasteiger charge is -2.00. The maximum absolute atomic E-state index is 10.8. The smallest absolute Gasteiger partial charge is 0.221 e. The largest absolute Gasteiger partial charge is 0.396 e. The van der Waals surface area contributed by atoms with Gasteiger partial charge in [0.15, 0.2) is 0 Å². The maximum Gasteiger partial charge on any atom is 0.221 e. The Hall–Kier alpha value is -1.79. The van der Waals surface area contributed by atoms with Crippen LogP contribution in [0.5, 0.6) is 0 Å². The molecule has 1 aromatic rings. The summed E-state index contributed by atoms with van der Waals surface area (Å²) < 4.78 is 0. The molecule has 0 spiro atoms. The van der Waals surface area contributed by atoms with E-state index in [1.54, 1.807) is 0 Å². The molecule has 3 heteroatoms. The van der Waals surface area contributed by atoms with Gasteiger partial charge in [0.05, 0.1) is 0 Å². The minimum atomic E-state index is -0.0761. The first-order chi connectivity index (χ1) is 8.22. The SMILES string of the molecule is CC(=O)Nc1ccc(C#CCCCCO)cc1. The summed E-state index contributed by atoms with van der Waals surface area (Å²) in [5.41, 5.74) is 1.71. The molecular weight excluding hydrogens is 214 g/mol. The Morgan fingerprint density at radius 1 is 1.29 bits per heavy atom. The molecule has 0 saturated carbocycles. The van der Waals surface area contributed by atoms with Gasteiger partial charge in [0.2, 0.25) is 5.91 Å². The highest BCUT2D eigenvalue weighted by atomic mass is 16.2. The number of aliphatic hydroxyl groups excluding tert-OH is 1. The quantitative estimate of drug-likeness (QED) is 0.616. The third-order valence-electron chi connectivity index (χ3n) is 2.15. The van der Waals surface area contributed by atoms with Crippen molar-refractivity contribution in [1.82, 2.24) is 0 Å². The van der Waals surface area contributed by atoms with Crippen molar-refractivity contribution in [1.29, 1.82) is 0 Å². The summed E-state index contributed by atoms with van der Waals surface area (Å²) in [5.74, 6) is 6.01. The standard InChI is InChI=1S/C14H17NO2/c1-12(17)15-14-9-7-13(8-10-14)6-4-2-3-5-11-16/h7-10,16H,2-3,5,11H2,1H3,(H,15,17). The number of amides is 1. The van der Waals surface area contributed by atoms with Crippen LogP contribution in [0.3, 0.4) is 0 Å². The highest BCUT2D eigenvalue weighted by molar-refractivity contribution is 5.88. The van der Waals surface area contributed by atoms with E-state index in [4.69, 9.17) is 5.11 Å². The van der Waals surface area contributed by atoms with Crippen molar-refractivity contribution >= 4 is 11.6 Å². The molecule has 0 aliphatic rings. The Morgan fingerprint density at radius 3 is 2.59 bits per heavy atom. The van der Waals surface area contributed by atoms with Crippen molar-refractivity contribution in [3.63, 3.8) is 0 Å². The highest BCUT2D eigenvalue weighted by Crippen LogP contribution is 2.08. The normalized spacial score (nSPS) is 9.29. The molecule has 0 radical (unpaired) electrons. The van der Waals surface area contributed by atoms with Crippen molar-refractivity contribution in [3.05, 3.63) is 29.8 Å². The Kier molecular flexibility index (Phi) is 5.84. The van der Waals surface area contributed by atoms with Gasteiger partial charge in [0.25, 0.3) is 0 Å². The van der Waals surface area contributed by atoms with E-state index in [-0.39, 0.29) is 12.5 Å². The summed E-state index contributed by atoms with van der Waals surface area (Å²) in [4.78, 5) is 10.8. The van der Waals surface area contributed by atoms with E-state index in [1.165, 1.54) is 6.92 Å². The number of benzene rings is 1. The lowest BCUT2D eigenvalue weighted by molar-refractivity contribution is -0.114. The fraction of sp³-hybridized carbons (Fsp3) is 0.357. The second-order valence-electron chi connectivity index (χ2n) is 3.74. The molecule has 0 saturated heterocycles. The Labute approximate surface area is 102 Å². The molecule has 0 aliphatic carbocycles. The fourth-order valence-electron chi connectivity index (χ4n) is 1.33. The van der Waals surface area contributed by atoms with Gasteiger partial charge in [-0.15, -0.1) is 0 Å². The van der Waals surface area contributed by atoms with Crippen molar-refractivity contribution in [2.24, 2.45) is 0 Å². The van der Waals surface area contributed by atoms with Crippen molar-refractivity contribution < 1.29 is 9.90 Å². The molecule has 0 unspecified atom stereocenters. The van der Waals surface area contributed by atoms with Crippen molar-refractivity contribution in [3.8, 4) is 11.8 Å². The van der Waals surface area contributed by atoms with Gasteiger partial charge in [-0.25, -0.2) is 0 Å². The molecule has 0 aliphatic heterocycles. The molecule has 0 atom stereocenters. The average molecular weight is 231 g/mol. The molecule has 0 heterocycles. The summed E-state index contributed by atoms with van der Waals surface area (Å²) in [6.07, 6.45) is 2.53. The Balaban J connectivity index is 2.47. The second kappa shape index (κ2) is 7.48. The number of carbonyl (C=O) groups excluding carboxylic acids is 1. The summed E-state index contributed by atoms with van der Waals surface area (Å²) >= 11 is 0. The molecule has 1 rings (SSSR count). The number of anilines is 1. The first-order valence-corrected chi connectivity index (χ1v) is 5.70. The van der Waals surface area contributed by atoms with Crippen LogP contribution in [0.25, 0.3) is 0 Å². The predicted octanol–water partition coefficient (Wildman–Crippen LogP) is 2.16. The number of hydrogen-bond donors (Lipinski definition) is 2. The molecule has 1 aromatic carbocycles. The third-order valence-corrected chi connectivity index (χ3v) is 2.15. The molecule has 0 aromatic heterocycles. The molecular formula is C14H17NO2. The fourth-order valence-corrected chi connectivity index (χ4v) is 1.33. The van der Waals surface area contributed by atoms with Crippen LogP contribution in [0, 0.1) is 11.8 Å². The van der Waals surface area contributed by atoms with E-state index < -0.39 is 0 Å². The zero-order valence-corrected chi connectivity index (χ0v) is 9.99. The molecule has 3 nitrogen and oxygen atoms in total. The second-order valence-corrected chi connectivity index (χ2v) is 3.74. The van der Waals surface area contributed by atoms with E-state index in [9.17, 15) is 4.79 Å². The third kappa shape index (κ3) is 5.74. The van der Waals surface area contributed by atoms with Gasteiger partial charge in [0, 0.05) is 31.2 Å². The van der Waals surface area contributed by atoms with Crippen LogP contribution in [0.4, 0.5) is 5.69 Å². The minimum Gasteiger partial charge on any atom is -0.396 e. The Morgan fingerprint density at radius 2 is 2.00 bits per heavy atom. The maximum atomic E-state index is 10.8. The first kappa shape index (κ1) is 13.3.